The van der Waals surface area contributed by atoms with Gasteiger partial charge in [0.05, 0.1) is 15.9 Å². The van der Waals surface area contributed by atoms with E-state index in [0.717, 1.165) is 18.2 Å². The van der Waals surface area contributed by atoms with Crippen LogP contribution in [-0.2, 0) is 9.59 Å². The number of carbonyl (C=O) groups is 2. The number of nitro benzene ring substituents is 2. The second kappa shape index (κ2) is 9.26. The fourth-order valence-electron chi connectivity index (χ4n) is 2.18. The molecule has 2 N–H and O–H groups in total. The van der Waals surface area contributed by atoms with Gasteiger partial charge in [0, 0.05) is 23.7 Å². The van der Waals surface area contributed by atoms with Gasteiger partial charge in [-0.3, -0.25) is 29.8 Å². The van der Waals surface area contributed by atoms with Gasteiger partial charge in [-0.1, -0.05) is 19.9 Å². The van der Waals surface area contributed by atoms with Gasteiger partial charge in [0.25, 0.3) is 17.3 Å². The fraction of sp³-hybridized carbons (Fsp3) is 0.222. The van der Waals surface area contributed by atoms with Crippen molar-refractivity contribution >= 4 is 34.6 Å². The summed E-state index contributed by atoms with van der Waals surface area (Å²) in [6.45, 7) is 3.03. The summed E-state index contributed by atoms with van der Waals surface area (Å²) in [6, 6.07) is 9.28. The maximum Gasteiger partial charge on any atom is 0.299 e. The molecule has 11 nitrogen and oxygen atoms in total. The van der Waals surface area contributed by atoms with Crippen LogP contribution in [0.4, 0.5) is 22.7 Å². The van der Waals surface area contributed by atoms with E-state index in [-0.39, 0.29) is 17.5 Å². The molecular formula is C18H18N4O7. The number of nitro groups is 2. The molecular weight excluding hydrogens is 384 g/mol. The van der Waals surface area contributed by atoms with Crippen LogP contribution in [0.1, 0.15) is 13.8 Å². The first kappa shape index (κ1) is 21.3. The number of carbonyl (C=O) groups excluding carboxylic acids is 2. The number of rotatable bonds is 8. The highest BCUT2D eigenvalue weighted by atomic mass is 16.6. The lowest BCUT2D eigenvalue weighted by atomic mass is 10.2. The molecule has 2 aromatic rings. The third kappa shape index (κ3) is 5.99. The third-order valence-corrected chi connectivity index (χ3v) is 3.66. The topological polar surface area (TPSA) is 154 Å². The number of nitrogens with one attached hydrogen (secondary N) is 2. The molecule has 0 unspecified atom stereocenters. The lowest BCUT2D eigenvalue weighted by Gasteiger charge is -2.11. The molecule has 0 heterocycles. The quantitative estimate of drug-likeness (QED) is 0.508. The molecule has 0 aliphatic heterocycles. The molecule has 0 radical (unpaired) electrons. The Morgan fingerprint density at radius 2 is 1.76 bits per heavy atom. The minimum absolute atomic E-state index is 0.176. The Morgan fingerprint density at radius 3 is 2.38 bits per heavy atom. The molecule has 11 heteroatoms. The standard InChI is InChI=1S/C18H18N4O7/c1-11(2)18(24)19-12-4-3-5-14(8-12)29-10-17(23)20-15-7-6-13(21(25)26)9-16(15)22(27)28/h3-9,11H,10H2,1-2H3,(H,19,24)(H,20,23). The minimum atomic E-state index is -0.829. The molecule has 0 saturated heterocycles. The number of anilines is 2. The van der Waals surface area contributed by atoms with Crippen molar-refractivity contribution in [1.29, 1.82) is 0 Å². The number of non-ortho nitro benzene ring substituents is 1. The molecule has 0 spiro atoms. The highest BCUT2D eigenvalue weighted by Crippen LogP contribution is 2.29. The molecule has 0 fully saturated rings. The zero-order chi connectivity index (χ0) is 21.6. The number of nitrogens with zero attached hydrogens (tertiary/aromatic N) is 2. The number of ether oxygens (including phenoxy) is 1. The summed E-state index contributed by atoms with van der Waals surface area (Å²) in [5.74, 6) is -0.772. The maximum atomic E-state index is 12.1. The van der Waals surface area contributed by atoms with Crippen molar-refractivity contribution in [2.45, 2.75) is 13.8 Å². The first-order chi connectivity index (χ1) is 13.7. The van der Waals surface area contributed by atoms with E-state index in [0.29, 0.717) is 11.4 Å². The molecule has 0 atom stereocenters. The average Bonchev–Trinajstić information content (AvgIpc) is 2.66. The van der Waals surface area contributed by atoms with Gasteiger partial charge in [0.1, 0.15) is 11.4 Å². The minimum Gasteiger partial charge on any atom is -0.484 e. The van der Waals surface area contributed by atoms with E-state index in [1.807, 2.05) is 0 Å². The summed E-state index contributed by atoms with van der Waals surface area (Å²) in [6.07, 6.45) is 0. The van der Waals surface area contributed by atoms with Crippen molar-refractivity contribution in [2.75, 3.05) is 17.2 Å². The number of hydrogen-bond donors (Lipinski definition) is 2. The van der Waals surface area contributed by atoms with Gasteiger partial charge in [-0.2, -0.15) is 0 Å². The van der Waals surface area contributed by atoms with Gasteiger partial charge in [-0.15, -0.1) is 0 Å². The Balaban J connectivity index is 2.03. The SMILES string of the molecule is CC(C)C(=O)Nc1cccc(OCC(=O)Nc2ccc([N+](=O)[O-])cc2[N+](=O)[O-])c1. The second-order valence-corrected chi connectivity index (χ2v) is 6.22. The molecule has 0 bridgehead atoms. The van der Waals surface area contributed by atoms with Gasteiger partial charge < -0.3 is 15.4 Å². The van der Waals surface area contributed by atoms with Crippen molar-refractivity contribution in [3.63, 3.8) is 0 Å². The summed E-state index contributed by atoms with van der Waals surface area (Å²) in [5, 5.41) is 26.8. The van der Waals surface area contributed by atoms with Crippen LogP contribution in [0.2, 0.25) is 0 Å². The average molecular weight is 402 g/mol. The van der Waals surface area contributed by atoms with Crippen LogP contribution >= 0.6 is 0 Å². The van der Waals surface area contributed by atoms with E-state index in [9.17, 15) is 29.8 Å². The van der Waals surface area contributed by atoms with Crippen molar-refractivity contribution in [3.05, 3.63) is 62.7 Å². The Kier molecular flexibility index (Phi) is 6.80. The Bertz CT molecular complexity index is 959. The van der Waals surface area contributed by atoms with Crippen LogP contribution in [0.5, 0.6) is 5.75 Å². The highest BCUT2D eigenvalue weighted by molar-refractivity contribution is 5.94. The van der Waals surface area contributed by atoms with Crippen molar-refractivity contribution in [1.82, 2.24) is 0 Å². The molecule has 0 saturated carbocycles. The fourth-order valence-corrected chi connectivity index (χ4v) is 2.18. The molecule has 2 aromatic carbocycles. The Hall–Kier alpha value is -4.02. The first-order valence-corrected chi connectivity index (χ1v) is 8.43. The van der Waals surface area contributed by atoms with Crippen molar-refractivity contribution in [3.8, 4) is 5.75 Å². The molecule has 0 aliphatic carbocycles. The van der Waals surface area contributed by atoms with E-state index in [1.54, 1.807) is 32.0 Å². The van der Waals surface area contributed by atoms with Gasteiger partial charge in [-0.25, -0.2) is 0 Å². The molecule has 2 amide bonds. The lowest BCUT2D eigenvalue weighted by Crippen LogP contribution is -2.21. The monoisotopic (exact) mass is 402 g/mol. The molecule has 29 heavy (non-hydrogen) atoms. The third-order valence-electron chi connectivity index (χ3n) is 3.66. The number of amides is 2. The van der Waals surface area contributed by atoms with Crippen molar-refractivity contribution < 1.29 is 24.2 Å². The predicted octanol–water partition coefficient (Wildman–Crippen LogP) is 3.12. The van der Waals surface area contributed by atoms with Crippen LogP contribution in [0.25, 0.3) is 0 Å². The van der Waals surface area contributed by atoms with Crippen LogP contribution in [-0.4, -0.2) is 28.3 Å². The largest absolute Gasteiger partial charge is 0.484 e. The van der Waals surface area contributed by atoms with Crippen LogP contribution in [0, 0.1) is 26.1 Å². The molecule has 0 aliphatic rings. The van der Waals surface area contributed by atoms with Crippen molar-refractivity contribution in [2.24, 2.45) is 5.92 Å². The zero-order valence-electron chi connectivity index (χ0n) is 15.6. The van der Waals surface area contributed by atoms with Gasteiger partial charge in [-0.05, 0) is 18.2 Å². The summed E-state index contributed by atoms with van der Waals surface area (Å²) in [7, 11) is 0. The van der Waals surface area contributed by atoms with E-state index in [1.165, 1.54) is 6.07 Å². The number of benzene rings is 2. The normalized spacial score (nSPS) is 10.3. The second-order valence-electron chi connectivity index (χ2n) is 6.22. The Morgan fingerprint density at radius 1 is 1.03 bits per heavy atom. The first-order valence-electron chi connectivity index (χ1n) is 8.43. The van der Waals surface area contributed by atoms with Gasteiger partial charge in [0.15, 0.2) is 6.61 Å². The van der Waals surface area contributed by atoms with Gasteiger partial charge in [0.2, 0.25) is 5.91 Å². The van der Waals surface area contributed by atoms with Crippen LogP contribution < -0.4 is 15.4 Å². The highest BCUT2D eigenvalue weighted by Gasteiger charge is 2.21. The van der Waals surface area contributed by atoms with Crippen LogP contribution in [0.3, 0.4) is 0 Å². The predicted molar refractivity (Wildman–Crippen MR) is 104 cm³/mol. The van der Waals surface area contributed by atoms with E-state index in [4.69, 9.17) is 4.74 Å². The van der Waals surface area contributed by atoms with Crippen LogP contribution in [0.15, 0.2) is 42.5 Å². The smallest absolute Gasteiger partial charge is 0.299 e. The summed E-state index contributed by atoms with van der Waals surface area (Å²) < 4.78 is 5.34. The van der Waals surface area contributed by atoms with Gasteiger partial charge >= 0.3 is 0 Å². The molecule has 152 valence electrons. The summed E-state index contributed by atoms with van der Waals surface area (Å²) in [5.41, 5.74) is -0.767. The summed E-state index contributed by atoms with van der Waals surface area (Å²) in [4.78, 5) is 44.0. The zero-order valence-corrected chi connectivity index (χ0v) is 15.6. The molecule has 0 aromatic heterocycles. The Labute approximate surface area is 165 Å². The van der Waals surface area contributed by atoms with E-state index >= 15 is 0 Å². The number of hydrogen-bond acceptors (Lipinski definition) is 7. The summed E-state index contributed by atoms with van der Waals surface area (Å²) >= 11 is 0. The van der Waals surface area contributed by atoms with E-state index < -0.39 is 33.7 Å². The maximum absolute atomic E-state index is 12.1. The lowest BCUT2D eigenvalue weighted by molar-refractivity contribution is -0.393. The molecule has 2 rings (SSSR count). The van der Waals surface area contributed by atoms with E-state index in [2.05, 4.69) is 10.6 Å².